The Bertz CT molecular complexity index is 1170. The van der Waals surface area contributed by atoms with Crippen LogP contribution in [0.4, 0.5) is 16.2 Å². The van der Waals surface area contributed by atoms with Crippen molar-refractivity contribution in [2.24, 2.45) is 0 Å². The minimum absolute atomic E-state index is 0.0906. The van der Waals surface area contributed by atoms with Gasteiger partial charge in [0.05, 0.1) is 30.0 Å². The lowest BCUT2D eigenvalue weighted by atomic mass is 10.1. The van der Waals surface area contributed by atoms with Crippen LogP contribution in [0.25, 0.3) is 10.9 Å². The molecule has 3 aromatic rings. The summed E-state index contributed by atoms with van der Waals surface area (Å²) < 4.78 is 0. The Kier molecular flexibility index (Phi) is 4.17. The average molecular weight is 383 g/mol. The highest BCUT2D eigenvalue weighted by Crippen LogP contribution is 2.30. The zero-order valence-corrected chi connectivity index (χ0v) is 15.9. The molecule has 2 aliphatic rings. The molecule has 0 atom stereocenters. The summed E-state index contributed by atoms with van der Waals surface area (Å²) in [6.45, 7) is 1.66. The number of carbonyl (C=O) groups is 1. The Morgan fingerprint density at radius 2 is 1.97 bits per heavy atom. The topological polar surface area (TPSA) is 74.5 Å². The van der Waals surface area contributed by atoms with Crippen molar-refractivity contribution in [3.8, 4) is 0 Å². The molecule has 6 heteroatoms. The summed E-state index contributed by atoms with van der Waals surface area (Å²) in [6, 6.07) is 19.3. The number of hydrogen-bond acceptors (Lipinski definition) is 4. The van der Waals surface area contributed by atoms with Crippen LogP contribution in [0.3, 0.4) is 0 Å². The summed E-state index contributed by atoms with van der Waals surface area (Å²) in [5.74, 6) is 0.825. The zero-order chi connectivity index (χ0) is 19.8. The van der Waals surface area contributed by atoms with Crippen molar-refractivity contribution in [3.05, 3.63) is 89.9 Å². The average Bonchev–Trinajstić information content (AvgIpc) is 2.74. The van der Waals surface area contributed by atoms with Gasteiger partial charge < -0.3 is 16.0 Å². The van der Waals surface area contributed by atoms with Gasteiger partial charge in [-0.05, 0) is 30.3 Å². The number of carbonyl (C=O) groups excluding carboxylic acids is 1. The summed E-state index contributed by atoms with van der Waals surface area (Å²) in [5, 5.41) is 4.43. The van der Waals surface area contributed by atoms with Gasteiger partial charge in [0.1, 0.15) is 5.82 Å². The molecular weight excluding hydrogens is 362 g/mol. The van der Waals surface area contributed by atoms with Gasteiger partial charge in [0.25, 0.3) is 0 Å². The fourth-order valence-corrected chi connectivity index (χ4v) is 3.83. The number of benzene rings is 2. The number of dihydropyridines is 1. The van der Waals surface area contributed by atoms with E-state index < -0.39 is 0 Å². The van der Waals surface area contributed by atoms with E-state index in [4.69, 9.17) is 10.7 Å². The molecule has 1 aromatic heterocycles. The molecule has 0 fully saturated rings. The van der Waals surface area contributed by atoms with Gasteiger partial charge in [-0.3, -0.25) is 4.98 Å². The fourth-order valence-electron chi connectivity index (χ4n) is 3.83. The minimum atomic E-state index is -0.0906. The summed E-state index contributed by atoms with van der Waals surface area (Å²) in [5.41, 5.74) is 10.2. The summed E-state index contributed by atoms with van der Waals surface area (Å²) in [7, 11) is 0. The van der Waals surface area contributed by atoms with Crippen LogP contribution in [-0.2, 0) is 6.54 Å². The molecule has 2 aliphatic heterocycles. The largest absolute Gasteiger partial charge is 0.399 e. The number of fused-ring (bicyclic) bond motifs is 1. The molecule has 144 valence electrons. The van der Waals surface area contributed by atoms with E-state index in [0.717, 1.165) is 33.7 Å². The smallest absolute Gasteiger partial charge is 0.330 e. The first-order valence-corrected chi connectivity index (χ1v) is 9.62. The van der Waals surface area contributed by atoms with Crippen LogP contribution in [-0.4, -0.2) is 29.0 Å². The Labute approximate surface area is 168 Å². The number of anilines is 2. The molecule has 29 heavy (non-hydrogen) atoms. The monoisotopic (exact) mass is 383 g/mol. The predicted octanol–water partition coefficient (Wildman–Crippen LogP) is 3.63. The molecule has 0 aliphatic carbocycles. The Morgan fingerprint density at radius 1 is 1.07 bits per heavy atom. The minimum Gasteiger partial charge on any atom is -0.399 e. The molecule has 5 rings (SSSR count). The van der Waals surface area contributed by atoms with Crippen LogP contribution in [0.1, 0.15) is 5.69 Å². The third-order valence-corrected chi connectivity index (χ3v) is 5.19. The van der Waals surface area contributed by atoms with E-state index in [1.807, 2.05) is 59.5 Å². The van der Waals surface area contributed by atoms with E-state index in [0.29, 0.717) is 25.3 Å². The quantitative estimate of drug-likeness (QED) is 0.678. The van der Waals surface area contributed by atoms with Crippen molar-refractivity contribution in [1.82, 2.24) is 15.2 Å². The number of para-hydroxylation sites is 1. The molecule has 0 radical (unpaired) electrons. The van der Waals surface area contributed by atoms with Gasteiger partial charge in [-0.1, -0.05) is 42.5 Å². The second-order valence-electron chi connectivity index (χ2n) is 7.22. The number of rotatable bonds is 3. The van der Waals surface area contributed by atoms with Crippen LogP contribution < -0.4 is 16.0 Å². The van der Waals surface area contributed by atoms with Gasteiger partial charge in [0.15, 0.2) is 0 Å². The number of nitrogen functional groups attached to an aromatic ring is 1. The number of pyridine rings is 1. The molecule has 0 bridgehead atoms. The van der Waals surface area contributed by atoms with Gasteiger partial charge in [0.2, 0.25) is 0 Å². The second-order valence-corrected chi connectivity index (χ2v) is 7.22. The van der Waals surface area contributed by atoms with E-state index in [9.17, 15) is 4.79 Å². The van der Waals surface area contributed by atoms with Crippen molar-refractivity contribution in [2.45, 2.75) is 6.54 Å². The summed E-state index contributed by atoms with van der Waals surface area (Å²) in [6.07, 6.45) is 4.15. The lowest BCUT2D eigenvalue weighted by Crippen LogP contribution is -2.52. The number of aromatic nitrogens is 1. The Morgan fingerprint density at radius 3 is 2.86 bits per heavy atom. The second kappa shape index (κ2) is 6.98. The first-order valence-electron chi connectivity index (χ1n) is 9.62. The highest BCUT2D eigenvalue weighted by atomic mass is 16.2. The summed E-state index contributed by atoms with van der Waals surface area (Å²) >= 11 is 0. The number of amides is 2. The highest BCUT2D eigenvalue weighted by Gasteiger charge is 2.33. The maximum atomic E-state index is 13.4. The number of nitrogens with two attached hydrogens (primary N) is 1. The third kappa shape index (κ3) is 3.18. The Balaban J connectivity index is 1.51. The lowest BCUT2D eigenvalue weighted by Gasteiger charge is -2.39. The predicted molar refractivity (Wildman–Crippen MR) is 115 cm³/mol. The Hall–Kier alpha value is -3.80. The zero-order valence-electron chi connectivity index (χ0n) is 15.9. The van der Waals surface area contributed by atoms with Crippen molar-refractivity contribution in [3.63, 3.8) is 0 Å². The normalized spacial score (nSPS) is 16.2. The maximum Gasteiger partial charge on any atom is 0.330 e. The molecule has 3 heterocycles. The molecule has 0 saturated carbocycles. The van der Waals surface area contributed by atoms with E-state index >= 15 is 0 Å². The molecule has 0 unspecified atom stereocenters. The maximum absolute atomic E-state index is 13.4. The summed E-state index contributed by atoms with van der Waals surface area (Å²) in [4.78, 5) is 21.7. The van der Waals surface area contributed by atoms with Crippen LogP contribution in [0.15, 0.2) is 84.2 Å². The number of hydrogen-bond donors (Lipinski definition) is 2. The fraction of sp³-hybridized carbons (Fsp3) is 0.130. The molecule has 0 saturated heterocycles. The van der Waals surface area contributed by atoms with Gasteiger partial charge in [-0.2, -0.15) is 0 Å². The molecule has 3 N–H and O–H groups in total. The number of urea groups is 1. The van der Waals surface area contributed by atoms with Gasteiger partial charge >= 0.3 is 6.03 Å². The van der Waals surface area contributed by atoms with Gasteiger partial charge in [-0.25, -0.2) is 9.69 Å². The van der Waals surface area contributed by atoms with Crippen molar-refractivity contribution in [2.75, 3.05) is 23.7 Å². The van der Waals surface area contributed by atoms with Crippen molar-refractivity contribution >= 4 is 28.3 Å². The first-order chi connectivity index (χ1) is 14.2. The highest BCUT2D eigenvalue weighted by molar-refractivity contribution is 5.97. The molecule has 0 spiro atoms. The van der Waals surface area contributed by atoms with Crippen molar-refractivity contribution < 1.29 is 4.79 Å². The van der Waals surface area contributed by atoms with Gasteiger partial charge in [-0.15, -0.1) is 0 Å². The third-order valence-electron chi connectivity index (χ3n) is 5.19. The van der Waals surface area contributed by atoms with Crippen LogP contribution >= 0.6 is 0 Å². The first kappa shape index (κ1) is 17.3. The SMILES string of the molecule is Nc1cccc(N2C(=O)N(Cc3ccc4ccccc4n3)CC3=C2NCC=C3)c1. The molecule has 2 amide bonds. The molecule has 2 aromatic carbocycles. The van der Waals surface area contributed by atoms with E-state index in [1.165, 1.54) is 0 Å². The standard InChI is InChI=1S/C23H21N5O/c24-18-7-3-8-20(13-18)28-22-17(6-4-12-25-22)14-27(23(28)29)15-19-11-10-16-5-1-2-9-21(16)26-19/h1-11,13,25H,12,14-15,24H2. The van der Waals surface area contributed by atoms with Crippen LogP contribution in [0.2, 0.25) is 0 Å². The van der Waals surface area contributed by atoms with E-state index in [1.54, 1.807) is 4.90 Å². The van der Waals surface area contributed by atoms with Crippen LogP contribution in [0.5, 0.6) is 0 Å². The van der Waals surface area contributed by atoms with Crippen molar-refractivity contribution in [1.29, 1.82) is 0 Å². The lowest BCUT2D eigenvalue weighted by molar-refractivity contribution is 0.203. The number of nitrogens with one attached hydrogen (secondary N) is 1. The van der Waals surface area contributed by atoms with Crippen LogP contribution in [0, 0.1) is 0 Å². The molecule has 6 nitrogen and oxygen atoms in total. The number of nitrogens with zero attached hydrogens (tertiary/aromatic N) is 3. The van der Waals surface area contributed by atoms with E-state index in [-0.39, 0.29) is 6.03 Å². The van der Waals surface area contributed by atoms with E-state index in [2.05, 4.69) is 23.5 Å². The van der Waals surface area contributed by atoms with Gasteiger partial charge in [0, 0.05) is 23.2 Å². The molecular formula is C23H21N5O.